The van der Waals surface area contributed by atoms with E-state index in [4.69, 9.17) is 0 Å². The fourth-order valence-corrected chi connectivity index (χ4v) is 3.04. The van der Waals surface area contributed by atoms with E-state index in [9.17, 15) is 5.11 Å². The van der Waals surface area contributed by atoms with Crippen LogP contribution >= 0.6 is 11.8 Å². The first-order valence-corrected chi connectivity index (χ1v) is 5.71. The van der Waals surface area contributed by atoms with Crippen molar-refractivity contribution in [2.45, 2.75) is 31.8 Å². The number of aliphatic hydroxyl groups excluding tert-OH is 1. The molecule has 0 saturated heterocycles. The van der Waals surface area contributed by atoms with Gasteiger partial charge >= 0.3 is 0 Å². The SMILES string of the molecule is OC1CCCCC1C1=NCCS1. The van der Waals surface area contributed by atoms with Gasteiger partial charge in [-0.2, -0.15) is 0 Å². The van der Waals surface area contributed by atoms with Crippen molar-refractivity contribution < 1.29 is 5.11 Å². The maximum absolute atomic E-state index is 9.74. The highest BCUT2D eigenvalue weighted by Crippen LogP contribution is 2.31. The van der Waals surface area contributed by atoms with E-state index in [1.165, 1.54) is 17.9 Å². The average Bonchev–Trinajstić information content (AvgIpc) is 2.57. The second kappa shape index (κ2) is 3.79. The zero-order valence-corrected chi connectivity index (χ0v) is 8.02. The zero-order chi connectivity index (χ0) is 8.39. The van der Waals surface area contributed by atoms with Crippen LogP contribution in [-0.2, 0) is 0 Å². The fourth-order valence-electron chi connectivity index (χ4n) is 1.98. The summed E-state index contributed by atoms with van der Waals surface area (Å²) >= 11 is 1.84. The molecule has 1 heterocycles. The summed E-state index contributed by atoms with van der Waals surface area (Å²) in [6.07, 6.45) is 4.47. The molecule has 3 heteroatoms. The van der Waals surface area contributed by atoms with Gasteiger partial charge in [-0.1, -0.05) is 12.8 Å². The normalized spacial score (nSPS) is 36.6. The number of nitrogens with zero attached hydrogens (tertiary/aromatic N) is 1. The second-order valence-electron chi connectivity index (χ2n) is 3.53. The summed E-state index contributed by atoms with van der Waals surface area (Å²) in [5.41, 5.74) is 0. The van der Waals surface area contributed by atoms with Crippen LogP contribution in [0.3, 0.4) is 0 Å². The number of hydrogen-bond donors (Lipinski definition) is 1. The van der Waals surface area contributed by atoms with Crippen LogP contribution < -0.4 is 0 Å². The molecular weight excluding hydrogens is 170 g/mol. The summed E-state index contributed by atoms with van der Waals surface area (Å²) < 4.78 is 0. The Morgan fingerprint density at radius 3 is 2.83 bits per heavy atom. The molecular formula is C9H15NOS. The molecule has 0 aromatic rings. The Hall–Kier alpha value is -0.0200. The summed E-state index contributed by atoms with van der Waals surface area (Å²) in [5.74, 6) is 1.50. The first kappa shape index (κ1) is 8.57. The van der Waals surface area contributed by atoms with E-state index in [1.54, 1.807) is 0 Å². The van der Waals surface area contributed by atoms with Gasteiger partial charge in [0, 0.05) is 18.2 Å². The Bertz CT molecular complexity index is 193. The minimum atomic E-state index is -0.108. The zero-order valence-electron chi connectivity index (χ0n) is 7.20. The molecule has 2 unspecified atom stereocenters. The molecule has 0 radical (unpaired) electrons. The molecule has 68 valence electrons. The van der Waals surface area contributed by atoms with E-state index in [0.717, 1.165) is 25.1 Å². The number of thioether (sulfide) groups is 1. The molecule has 0 bridgehead atoms. The number of rotatable bonds is 1. The Kier molecular flexibility index (Phi) is 2.71. The molecule has 0 spiro atoms. The van der Waals surface area contributed by atoms with Crippen LogP contribution in [0.4, 0.5) is 0 Å². The van der Waals surface area contributed by atoms with E-state index < -0.39 is 0 Å². The molecule has 0 aromatic heterocycles. The quantitative estimate of drug-likeness (QED) is 0.674. The van der Waals surface area contributed by atoms with Crippen molar-refractivity contribution in [3.8, 4) is 0 Å². The van der Waals surface area contributed by atoms with Crippen LogP contribution in [0.15, 0.2) is 4.99 Å². The van der Waals surface area contributed by atoms with Crippen molar-refractivity contribution in [1.29, 1.82) is 0 Å². The summed E-state index contributed by atoms with van der Waals surface area (Å²) in [7, 11) is 0. The summed E-state index contributed by atoms with van der Waals surface area (Å²) in [6, 6.07) is 0. The van der Waals surface area contributed by atoms with Gasteiger partial charge in [0.15, 0.2) is 0 Å². The van der Waals surface area contributed by atoms with E-state index in [-0.39, 0.29) is 6.10 Å². The predicted molar refractivity (Wildman–Crippen MR) is 52.7 cm³/mol. The van der Waals surface area contributed by atoms with Crippen molar-refractivity contribution in [2.75, 3.05) is 12.3 Å². The van der Waals surface area contributed by atoms with Gasteiger partial charge in [-0.3, -0.25) is 4.99 Å². The van der Waals surface area contributed by atoms with Crippen molar-refractivity contribution in [2.24, 2.45) is 10.9 Å². The Morgan fingerprint density at radius 2 is 2.17 bits per heavy atom. The Labute approximate surface area is 77.5 Å². The largest absolute Gasteiger partial charge is 0.392 e. The molecule has 1 N–H and O–H groups in total. The average molecular weight is 185 g/mol. The highest BCUT2D eigenvalue weighted by atomic mass is 32.2. The van der Waals surface area contributed by atoms with Gasteiger partial charge < -0.3 is 5.11 Å². The second-order valence-corrected chi connectivity index (χ2v) is 4.64. The lowest BCUT2D eigenvalue weighted by Gasteiger charge is -2.26. The van der Waals surface area contributed by atoms with Crippen molar-refractivity contribution in [3.05, 3.63) is 0 Å². The van der Waals surface area contributed by atoms with E-state index in [2.05, 4.69) is 4.99 Å². The predicted octanol–water partition coefficient (Wildman–Crippen LogP) is 1.68. The van der Waals surface area contributed by atoms with Crippen LogP contribution in [0, 0.1) is 5.92 Å². The minimum Gasteiger partial charge on any atom is -0.392 e. The highest BCUT2D eigenvalue weighted by Gasteiger charge is 2.28. The summed E-state index contributed by atoms with van der Waals surface area (Å²) in [6.45, 7) is 0.962. The van der Waals surface area contributed by atoms with Gasteiger partial charge in [0.05, 0.1) is 11.1 Å². The first-order valence-electron chi connectivity index (χ1n) is 4.73. The van der Waals surface area contributed by atoms with E-state index >= 15 is 0 Å². The third kappa shape index (κ3) is 1.67. The lowest BCUT2D eigenvalue weighted by atomic mass is 9.87. The maximum Gasteiger partial charge on any atom is 0.0733 e. The van der Waals surface area contributed by atoms with Crippen LogP contribution in [0.5, 0.6) is 0 Å². The molecule has 1 aliphatic carbocycles. The van der Waals surface area contributed by atoms with Crippen LogP contribution in [0.1, 0.15) is 25.7 Å². The standard InChI is InChI=1S/C9H15NOS/c11-8-4-2-1-3-7(8)9-10-5-6-12-9/h7-8,11H,1-6H2. The third-order valence-electron chi connectivity index (χ3n) is 2.66. The maximum atomic E-state index is 9.74. The molecule has 2 nitrogen and oxygen atoms in total. The van der Waals surface area contributed by atoms with Crippen molar-refractivity contribution >= 4 is 16.8 Å². The van der Waals surface area contributed by atoms with E-state index in [0.29, 0.717) is 5.92 Å². The summed E-state index contributed by atoms with van der Waals surface area (Å²) in [4.78, 5) is 4.43. The fraction of sp³-hybridized carbons (Fsp3) is 0.889. The van der Waals surface area contributed by atoms with Crippen molar-refractivity contribution in [3.63, 3.8) is 0 Å². The van der Waals surface area contributed by atoms with Crippen LogP contribution in [-0.4, -0.2) is 28.6 Å². The number of aliphatic hydroxyl groups is 1. The van der Waals surface area contributed by atoms with E-state index in [1.807, 2.05) is 11.8 Å². The van der Waals surface area contributed by atoms with Gasteiger partial charge in [0.1, 0.15) is 0 Å². The molecule has 2 aliphatic rings. The molecule has 0 amide bonds. The lowest BCUT2D eigenvalue weighted by molar-refractivity contribution is 0.103. The molecule has 2 atom stereocenters. The number of aliphatic imine (C=N–C) groups is 1. The first-order chi connectivity index (χ1) is 5.88. The smallest absolute Gasteiger partial charge is 0.0733 e. The van der Waals surface area contributed by atoms with Gasteiger partial charge in [0.2, 0.25) is 0 Å². The minimum absolute atomic E-state index is 0.108. The molecule has 12 heavy (non-hydrogen) atoms. The monoisotopic (exact) mass is 185 g/mol. The van der Waals surface area contributed by atoms with Crippen molar-refractivity contribution in [1.82, 2.24) is 0 Å². The van der Waals surface area contributed by atoms with Gasteiger partial charge in [0.25, 0.3) is 0 Å². The molecule has 2 rings (SSSR count). The molecule has 1 aliphatic heterocycles. The van der Waals surface area contributed by atoms with Gasteiger partial charge in [-0.25, -0.2) is 0 Å². The lowest BCUT2D eigenvalue weighted by Crippen LogP contribution is -2.29. The Morgan fingerprint density at radius 1 is 1.33 bits per heavy atom. The number of hydrogen-bond acceptors (Lipinski definition) is 3. The third-order valence-corrected chi connectivity index (χ3v) is 3.77. The topological polar surface area (TPSA) is 32.6 Å². The summed E-state index contributed by atoms with van der Waals surface area (Å²) in [5, 5.41) is 11.0. The Balaban J connectivity index is 2.00. The van der Waals surface area contributed by atoms with Crippen LogP contribution in [0.2, 0.25) is 0 Å². The molecule has 0 aromatic carbocycles. The van der Waals surface area contributed by atoms with Crippen LogP contribution in [0.25, 0.3) is 0 Å². The highest BCUT2D eigenvalue weighted by molar-refractivity contribution is 8.14. The van der Waals surface area contributed by atoms with Gasteiger partial charge in [-0.05, 0) is 12.8 Å². The van der Waals surface area contributed by atoms with Gasteiger partial charge in [-0.15, -0.1) is 11.8 Å². The molecule has 1 saturated carbocycles. The molecule has 1 fully saturated rings.